The molecule has 0 atom stereocenters. The third-order valence-corrected chi connectivity index (χ3v) is 6.97. The van der Waals surface area contributed by atoms with Crippen LogP contribution in [0.15, 0.2) is 50.9 Å². The minimum Gasteiger partial charge on any atom is -0.492 e. The molecule has 2 aromatic carbocycles. The van der Waals surface area contributed by atoms with Crippen molar-refractivity contribution >= 4 is 58.1 Å². The predicted molar refractivity (Wildman–Crippen MR) is 118 cm³/mol. The highest BCUT2D eigenvalue weighted by molar-refractivity contribution is 8.01. The van der Waals surface area contributed by atoms with Gasteiger partial charge in [-0.2, -0.15) is 15.2 Å². The summed E-state index contributed by atoms with van der Waals surface area (Å²) in [6, 6.07) is 11.4. The Morgan fingerprint density at radius 3 is 2.82 bits per heavy atom. The van der Waals surface area contributed by atoms with Crippen molar-refractivity contribution in [2.24, 2.45) is 10.2 Å². The van der Waals surface area contributed by atoms with Crippen LogP contribution in [0.4, 0.5) is 0 Å². The van der Waals surface area contributed by atoms with Gasteiger partial charge in [0.25, 0.3) is 0 Å². The Kier molecular flexibility index (Phi) is 5.73. The molecule has 0 radical (unpaired) electrons. The first-order valence-corrected chi connectivity index (χ1v) is 11.1. The minimum atomic E-state index is 0.0416. The molecule has 3 aromatic rings. The molecule has 1 aliphatic rings. The quantitative estimate of drug-likeness (QED) is 0.577. The first-order chi connectivity index (χ1) is 13.5. The molecule has 1 aliphatic heterocycles. The first-order valence-electron chi connectivity index (χ1n) is 8.56. The first kappa shape index (κ1) is 19.5. The molecule has 8 heteroatoms. The van der Waals surface area contributed by atoms with Crippen molar-refractivity contribution in [3.05, 3.63) is 73.0 Å². The van der Waals surface area contributed by atoms with Crippen molar-refractivity contribution in [3.8, 4) is 5.88 Å². The molecule has 0 fully saturated rings. The average Bonchev–Trinajstić information content (AvgIpc) is 3.27. The highest BCUT2D eigenvalue weighted by Crippen LogP contribution is 2.37. The molecule has 0 amide bonds. The molecule has 1 N–H and O–H groups in total. The zero-order valence-electron chi connectivity index (χ0n) is 14.8. The van der Waals surface area contributed by atoms with E-state index in [1.165, 1.54) is 11.3 Å². The van der Waals surface area contributed by atoms with Crippen LogP contribution in [0.3, 0.4) is 0 Å². The van der Waals surface area contributed by atoms with Gasteiger partial charge in [0.05, 0.1) is 16.4 Å². The monoisotopic (exact) mass is 447 g/mol. The van der Waals surface area contributed by atoms with Crippen LogP contribution < -0.4 is 10.6 Å². The molecule has 0 saturated heterocycles. The lowest BCUT2D eigenvalue weighted by atomic mass is 10.00. The van der Waals surface area contributed by atoms with Crippen molar-refractivity contribution < 1.29 is 5.11 Å². The number of hydrogen-bond donors (Lipinski definition) is 1. The maximum Gasteiger partial charge on any atom is 0.230 e. The van der Waals surface area contributed by atoms with E-state index in [1.807, 2.05) is 30.3 Å². The van der Waals surface area contributed by atoms with Gasteiger partial charge in [0, 0.05) is 22.0 Å². The SMILES string of the molecule is CCSc1nc(O)c(C(Cc2ccc(Cl)cc2Cl)=c2ccc3c(c2)C=NN=3)s1. The van der Waals surface area contributed by atoms with Crippen LogP contribution >= 0.6 is 46.3 Å². The fourth-order valence-corrected chi connectivity index (χ4v) is 5.40. The van der Waals surface area contributed by atoms with Crippen molar-refractivity contribution in [3.63, 3.8) is 0 Å². The molecule has 28 heavy (non-hydrogen) atoms. The van der Waals surface area contributed by atoms with Crippen molar-refractivity contribution in [2.45, 2.75) is 17.7 Å². The van der Waals surface area contributed by atoms with Crippen LogP contribution in [-0.2, 0) is 6.42 Å². The van der Waals surface area contributed by atoms with Gasteiger partial charge in [-0.1, -0.05) is 54.0 Å². The number of benzene rings is 2. The molecule has 4 rings (SSSR count). The second-order valence-corrected chi connectivity index (χ2v) is 9.43. The van der Waals surface area contributed by atoms with Gasteiger partial charge >= 0.3 is 0 Å². The van der Waals surface area contributed by atoms with Gasteiger partial charge in [-0.05, 0) is 46.4 Å². The lowest BCUT2D eigenvalue weighted by molar-refractivity contribution is 0.452. The van der Waals surface area contributed by atoms with E-state index in [9.17, 15) is 5.11 Å². The summed E-state index contributed by atoms with van der Waals surface area (Å²) < 4.78 is 0.840. The molecular formula is C20H15Cl2N3OS2. The smallest absolute Gasteiger partial charge is 0.230 e. The Bertz CT molecular complexity index is 1200. The summed E-state index contributed by atoms with van der Waals surface area (Å²) in [5.74, 6) is 0.932. The molecule has 0 unspecified atom stereocenters. The summed E-state index contributed by atoms with van der Waals surface area (Å²) in [7, 11) is 0. The third kappa shape index (κ3) is 3.96. The number of fused-ring (bicyclic) bond motifs is 1. The van der Waals surface area contributed by atoms with Crippen LogP contribution in [-0.4, -0.2) is 22.1 Å². The van der Waals surface area contributed by atoms with Crippen LogP contribution in [0.5, 0.6) is 5.88 Å². The Balaban J connectivity index is 1.90. The van der Waals surface area contributed by atoms with Gasteiger partial charge in [0.1, 0.15) is 0 Å². The van der Waals surface area contributed by atoms with Crippen molar-refractivity contribution in [1.29, 1.82) is 0 Å². The largest absolute Gasteiger partial charge is 0.492 e. The number of hydrogen-bond acceptors (Lipinski definition) is 6. The van der Waals surface area contributed by atoms with Gasteiger partial charge in [-0.15, -0.1) is 11.3 Å². The Morgan fingerprint density at radius 2 is 2.04 bits per heavy atom. The number of thioether (sulfide) groups is 1. The lowest BCUT2D eigenvalue weighted by Crippen LogP contribution is -2.15. The van der Waals surface area contributed by atoms with E-state index in [-0.39, 0.29) is 5.88 Å². The van der Waals surface area contributed by atoms with Crippen LogP contribution in [0, 0.1) is 0 Å². The fourth-order valence-electron chi connectivity index (χ4n) is 2.93. The van der Waals surface area contributed by atoms with Crippen LogP contribution in [0.2, 0.25) is 10.0 Å². The molecule has 142 valence electrons. The van der Waals surface area contributed by atoms with Gasteiger partial charge in [0.15, 0.2) is 4.34 Å². The van der Waals surface area contributed by atoms with E-state index in [0.717, 1.165) is 42.2 Å². The molecule has 0 spiro atoms. The van der Waals surface area contributed by atoms with E-state index in [1.54, 1.807) is 24.0 Å². The summed E-state index contributed by atoms with van der Waals surface area (Å²) in [6.07, 6.45) is 2.27. The number of aromatic hydroxyl groups is 1. The summed E-state index contributed by atoms with van der Waals surface area (Å²) in [5, 5.41) is 21.6. The predicted octanol–water partition coefficient (Wildman–Crippen LogP) is 4.68. The zero-order valence-corrected chi connectivity index (χ0v) is 18.0. The Labute approximate surface area is 180 Å². The second kappa shape index (κ2) is 8.25. The molecule has 2 heterocycles. The summed E-state index contributed by atoms with van der Waals surface area (Å²) >= 11 is 15.6. The number of rotatable bonds is 5. The lowest BCUT2D eigenvalue weighted by Gasteiger charge is -2.09. The van der Waals surface area contributed by atoms with Gasteiger partial charge in [-0.25, -0.2) is 0 Å². The highest BCUT2D eigenvalue weighted by Gasteiger charge is 2.18. The van der Waals surface area contributed by atoms with Gasteiger partial charge < -0.3 is 5.11 Å². The standard InChI is InChI=1S/C20H15Cl2N3OS2/c1-2-27-20-24-19(26)18(28-20)15(8-12-3-5-14(21)9-16(12)22)11-4-6-17-13(7-11)10-23-25-17/h3-7,9-10,26H,2,8H2,1H3. The van der Waals surface area contributed by atoms with E-state index >= 15 is 0 Å². The summed E-state index contributed by atoms with van der Waals surface area (Å²) in [6.45, 7) is 2.06. The molecule has 0 aliphatic carbocycles. The summed E-state index contributed by atoms with van der Waals surface area (Å²) in [5.41, 5.74) is 2.83. The second-order valence-electron chi connectivity index (χ2n) is 6.07. The maximum atomic E-state index is 10.5. The van der Waals surface area contributed by atoms with E-state index in [0.29, 0.717) is 16.5 Å². The number of thiazole rings is 1. The van der Waals surface area contributed by atoms with Crippen LogP contribution in [0.25, 0.3) is 5.57 Å². The molecule has 4 nitrogen and oxygen atoms in total. The van der Waals surface area contributed by atoms with E-state index in [2.05, 4.69) is 22.1 Å². The minimum absolute atomic E-state index is 0.0416. The topological polar surface area (TPSA) is 57.8 Å². The number of nitrogens with zero attached hydrogens (tertiary/aromatic N) is 3. The molecular weight excluding hydrogens is 433 g/mol. The Morgan fingerprint density at radius 1 is 1.18 bits per heavy atom. The highest BCUT2D eigenvalue weighted by atomic mass is 35.5. The van der Waals surface area contributed by atoms with Crippen molar-refractivity contribution in [1.82, 2.24) is 4.98 Å². The number of aromatic nitrogens is 1. The number of halogens is 2. The van der Waals surface area contributed by atoms with E-state index < -0.39 is 0 Å². The molecule has 0 bridgehead atoms. The molecule has 1 aromatic heterocycles. The van der Waals surface area contributed by atoms with Gasteiger partial charge in [0.2, 0.25) is 5.88 Å². The van der Waals surface area contributed by atoms with E-state index in [4.69, 9.17) is 23.2 Å². The third-order valence-electron chi connectivity index (χ3n) is 4.25. The van der Waals surface area contributed by atoms with Crippen molar-refractivity contribution in [2.75, 3.05) is 5.75 Å². The fraction of sp³-hybridized carbons (Fsp3) is 0.150. The zero-order chi connectivity index (χ0) is 19.7. The molecule has 0 saturated carbocycles. The normalized spacial score (nSPS) is 13.4. The summed E-state index contributed by atoms with van der Waals surface area (Å²) in [4.78, 5) is 5.06. The average molecular weight is 448 g/mol. The Hall–Kier alpha value is -1.86. The van der Waals surface area contributed by atoms with Gasteiger partial charge in [-0.3, -0.25) is 0 Å². The maximum absolute atomic E-state index is 10.5. The van der Waals surface area contributed by atoms with Crippen LogP contribution in [0.1, 0.15) is 22.9 Å².